The molecule has 0 radical (unpaired) electrons. The molecular weight excluding hydrogens is 174 g/mol. The van der Waals surface area contributed by atoms with E-state index in [4.69, 9.17) is 0 Å². The molecule has 0 aliphatic carbocycles. The van der Waals surface area contributed by atoms with Gasteiger partial charge in [0.05, 0.1) is 0 Å². The molecule has 0 aliphatic rings. The molecule has 4 nitrogen and oxygen atoms in total. The van der Waals surface area contributed by atoms with Gasteiger partial charge < -0.3 is 9.73 Å². The molecule has 0 unspecified atom stereocenters. The molecule has 1 aromatic heterocycles. The molecule has 0 aromatic carbocycles. The summed E-state index contributed by atoms with van der Waals surface area (Å²) in [4.78, 5) is 0. The van der Waals surface area contributed by atoms with Crippen molar-refractivity contribution in [1.29, 1.82) is 0 Å². The molecule has 0 atom stereocenters. The van der Waals surface area contributed by atoms with Crippen LogP contribution in [0.3, 0.4) is 0 Å². The minimum Gasteiger partial charge on any atom is -0.411 e. The fraction of sp³-hybridized carbons (Fsp3) is 0.333. The Morgan fingerprint density at radius 3 is 2.75 bits per heavy atom. The van der Waals surface area contributed by atoms with Crippen molar-refractivity contribution in [2.75, 3.05) is 12.4 Å². The van der Waals surface area contributed by atoms with Crippen LogP contribution in [0.2, 0.25) is 0 Å². The molecule has 0 saturated heterocycles. The van der Waals surface area contributed by atoms with Crippen LogP contribution in [0.25, 0.3) is 0 Å². The van der Waals surface area contributed by atoms with Crippen LogP contribution in [0.1, 0.15) is 0 Å². The van der Waals surface area contributed by atoms with Crippen LogP contribution < -0.4 is 5.32 Å². The highest BCUT2D eigenvalue weighted by atomic mass is 79.9. The van der Waals surface area contributed by atoms with Crippen molar-refractivity contribution in [1.82, 2.24) is 10.2 Å². The number of nitrogens with zero attached hydrogens (tertiary/aromatic N) is 2. The van der Waals surface area contributed by atoms with E-state index < -0.39 is 0 Å². The second-order valence-electron chi connectivity index (χ2n) is 0.994. The summed E-state index contributed by atoms with van der Waals surface area (Å²) in [6.07, 6.45) is 1.27. The maximum Gasteiger partial charge on any atom is 0.314 e. The molecule has 0 aliphatic heterocycles. The molecule has 0 bridgehead atoms. The summed E-state index contributed by atoms with van der Waals surface area (Å²) < 4.78 is 4.65. The Labute approximate surface area is 57.1 Å². The van der Waals surface area contributed by atoms with Crippen molar-refractivity contribution in [3.05, 3.63) is 6.39 Å². The summed E-state index contributed by atoms with van der Waals surface area (Å²) >= 11 is 0. The van der Waals surface area contributed by atoms with Crippen LogP contribution in [-0.2, 0) is 0 Å². The fourth-order valence-corrected chi connectivity index (χ4v) is 0.282. The van der Waals surface area contributed by atoms with E-state index in [1.807, 2.05) is 0 Å². The lowest BCUT2D eigenvalue weighted by molar-refractivity contribution is 0.569. The van der Waals surface area contributed by atoms with E-state index in [-0.39, 0.29) is 17.0 Å². The second kappa shape index (κ2) is 3.43. The van der Waals surface area contributed by atoms with Gasteiger partial charge in [0.25, 0.3) is 0 Å². The van der Waals surface area contributed by atoms with Crippen LogP contribution in [-0.4, -0.2) is 17.2 Å². The summed E-state index contributed by atoms with van der Waals surface area (Å²) in [6, 6.07) is 0.444. The molecule has 5 heteroatoms. The molecule has 1 aromatic rings. The van der Waals surface area contributed by atoms with Crippen molar-refractivity contribution >= 4 is 23.0 Å². The zero-order chi connectivity index (χ0) is 5.11. The van der Waals surface area contributed by atoms with E-state index in [2.05, 4.69) is 19.9 Å². The molecule has 8 heavy (non-hydrogen) atoms. The van der Waals surface area contributed by atoms with E-state index in [0.717, 1.165) is 0 Å². The van der Waals surface area contributed by atoms with Crippen molar-refractivity contribution in [3.8, 4) is 0 Å². The highest BCUT2D eigenvalue weighted by Gasteiger charge is 1.86. The number of hydrogen-bond donors (Lipinski definition) is 1. The number of rotatable bonds is 1. The van der Waals surface area contributed by atoms with Crippen LogP contribution in [0.15, 0.2) is 10.8 Å². The van der Waals surface area contributed by atoms with Crippen LogP contribution >= 0.6 is 17.0 Å². The van der Waals surface area contributed by atoms with Gasteiger partial charge in [0.2, 0.25) is 6.39 Å². The molecule has 1 rings (SSSR count). The van der Waals surface area contributed by atoms with E-state index in [0.29, 0.717) is 6.01 Å². The van der Waals surface area contributed by atoms with Crippen LogP contribution in [0.5, 0.6) is 0 Å². The number of nitrogens with one attached hydrogen (secondary N) is 1. The van der Waals surface area contributed by atoms with Gasteiger partial charge in [0.15, 0.2) is 0 Å². The van der Waals surface area contributed by atoms with Crippen molar-refractivity contribution in [2.24, 2.45) is 0 Å². The van der Waals surface area contributed by atoms with Crippen molar-refractivity contribution in [2.45, 2.75) is 0 Å². The third kappa shape index (κ3) is 1.49. The Morgan fingerprint density at radius 2 is 2.50 bits per heavy atom. The van der Waals surface area contributed by atoms with Gasteiger partial charge in [0.1, 0.15) is 0 Å². The zero-order valence-corrected chi connectivity index (χ0v) is 6.00. The average molecular weight is 180 g/mol. The Kier molecular flexibility index (Phi) is 3.18. The van der Waals surface area contributed by atoms with Crippen molar-refractivity contribution < 1.29 is 4.42 Å². The topological polar surface area (TPSA) is 51.0 Å². The number of halogens is 1. The Morgan fingerprint density at radius 1 is 1.75 bits per heavy atom. The van der Waals surface area contributed by atoms with Crippen molar-refractivity contribution in [3.63, 3.8) is 0 Å². The van der Waals surface area contributed by atoms with E-state index in [1.54, 1.807) is 7.05 Å². The fourth-order valence-electron chi connectivity index (χ4n) is 0.282. The maximum atomic E-state index is 4.65. The summed E-state index contributed by atoms with van der Waals surface area (Å²) in [5.41, 5.74) is 0. The molecule has 0 fully saturated rings. The van der Waals surface area contributed by atoms with Gasteiger partial charge in [-0.25, -0.2) is 0 Å². The monoisotopic (exact) mass is 179 g/mol. The van der Waals surface area contributed by atoms with Gasteiger partial charge in [-0.05, 0) is 0 Å². The zero-order valence-electron chi connectivity index (χ0n) is 4.29. The SMILES string of the molecule is Br.CNc1nnco1. The summed E-state index contributed by atoms with van der Waals surface area (Å²) in [5, 5.41) is 9.59. The third-order valence-corrected chi connectivity index (χ3v) is 0.574. The predicted octanol–water partition coefficient (Wildman–Crippen LogP) is 0.689. The molecular formula is C3H6BrN3O. The number of hydrogen-bond acceptors (Lipinski definition) is 4. The van der Waals surface area contributed by atoms with E-state index >= 15 is 0 Å². The highest BCUT2D eigenvalue weighted by Crippen LogP contribution is 1.93. The normalized spacial score (nSPS) is 7.62. The van der Waals surface area contributed by atoms with E-state index in [9.17, 15) is 0 Å². The summed E-state index contributed by atoms with van der Waals surface area (Å²) in [6.45, 7) is 0. The van der Waals surface area contributed by atoms with Crippen LogP contribution in [0, 0.1) is 0 Å². The lowest BCUT2D eigenvalue weighted by Gasteiger charge is -1.81. The van der Waals surface area contributed by atoms with Gasteiger partial charge in [-0.1, -0.05) is 5.10 Å². The molecule has 0 amide bonds. The Hall–Kier alpha value is -0.580. The standard InChI is InChI=1S/C3H5N3O.BrH/c1-4-3-6-5-2-7-3;/h2H,1H3,(H,4,6);1H. The van der Waals surface area contributed by atoms with Gasteiger partial charge in [0, 0.05) is 7.05 Å². The second-order valence-corrected chi connectivity index (χ2v) is 0.994. The molecule has 46 valence electrons. The maximum absolute atomic E-state index is 4.65. The van der Waals surface area contributed by atoms with Crippen LogP contribution in [0.4, 0.5) is 6.01 Å². The van der Waals surface area contributed by atoms with Gasteiger partial charge >= 0.3 is 6.01 Å². The third-order valence-electron chi connectivity index (χ3n) is 0.574. The highest BCUT2D eigenvalue weighted by molar-refractivity contribution is 8.93. The first-order valence-electron chi connectivity index (χ1n) is 1.87. The molecule has 1 heterocycles. The molecule has 0 saturated carbocycles. The quantitative estimate of drug-likeness (QED) is 0.690. The lowest BCUT2D eigenvalue weighted by atomic mass is 11.1. The van der Waals surface area contributed by atoms with Gasteiger partial charge in [-0.3, -0.25) is 0 Å². The average Bonchev–Trinajstić information content (AvgIpc) is 2.14. The lowest BCUT2D eigenvalue weighted by Crippen LogP contribution is -1.85. The minimum absolute atomic E-state index is 0. The Balaban J connectivity index is 0.000000490. The first kappa shape index (κ1) is 7.42. The number of aromatic nitrogens is 2. The Bertz CT molecular complexity index is 129. The smallest absolute Gasteiger partial charge is 0.314 e. The van der Waals surface area contributed by atoms with E-state index in [1.165, 1.54) is 6.39 Å². The summed E-state index contributed by atoms with van der Waals surface area (Å²) in [7, 11) is 1.72. The predicted molar refractivity (Wildman–Crippen MR) is 34.2 cm³/mol. The first-order valence-corrected chi connectivity index (χ1v) is 1.87. The molecule has 1 N–H and O–H groups in total. The van der Waals surface area contributed by atoms with Gasteiger partial charge in [-0.2, -0.15) is 0 Å². The largest absolute Gasteiger partial charge is 0.411 e. The number of anilines is 1. The first-order chi connectivity index (χ1) is 3.43. The summed E-state index contributed by atoms with van der Waals surface area (Å²) in [5.74, 6) is 0. The van der Waals surface area contributed by atoms with Gasteiger partial charge in [-0.15, -0.1) is 22.1 Å². The minimum atomic E-state index is 0. The molecule has 0 spiro atoms.